The third kappa shape index (κ3) is 3.78. The van der Waals surface area contributed by atoms with E-state index < -0.39 is 23.1 Å². The highest BCUT2D eigenvalue weighted by molar-refractivity contribution is 5.94. The fourth-order valence-corrected chi connectivity index (χ4v) is 1.36. The van der Waals surface area contributed by atoms with Crippen molar-refractivity contribution in [3.8, 4) is 0 Å². The van der Waals surface area contributed by atoms with Crippen molar-refractivity contribution in [1.29, 1.82) is 0 Å². The van der Waals surface area contributed by atoms with Crippen LogP contribution >= 0.6 is 0 Å². The number of amides is 1. The molecule has 0 aliphatic heterocycles. The van der Waals surface area contributed by atoms with Gasteiger partial charge in [0.2, 0.25) is 0 Å². The molecule has 0 heterocycles. The average molecular weight is 243 g/mol. The Morgan fingerprint density at radius 3 is 2.53 bits per heavy atom. The maximum atomic E-state index is 12.9. The number of aliphatic hydroxyl groups is 1. The van der Waals surface area contributed by atoms with Gasteiger partial charge in [0.25, 0.3) is 5.91 Å². The Hall–Kier alpha value is -1.49. The summed E-state index contributed by atoms with van der Waals surface area (Å²) >= 11 is 0. The first-order valence-electron chi connectivity index (χ1n) is 5.24. The van der Waals surface area contributed by atoms with Gasteiger partial charge in [0.05, 0.1) is 0 Å². The molecular formula is C12H15F2NO2. The van der Waals surface area contributed by atoms with Gasteiger partial charge in [-0.1, -0.05) is 0 Å². The molecule has 0 aliphatic carbocycles. The molecule has 2 N–H and O–H groups in total. The normalized spacial score (nSPS) is 11.4. The van der Waals surface area contributed by atoms with E-state index in [0.717, 1.165) is 12.1 Å². The maximum Gasteiger partial charge on any atom is 0.251 e. The molecule has 0 aromatic heterocycles. The Bertz CT molecular complexity index is 419. The number of carbonyl (C=O) groups is 1. The van der Waals surface area contributed by atoms with Crippen LogP contribution in [-0.4, -0.2) is 23.2 Å². The van der Waals surface area contributed by atoms with E-state index in [1.165, 1.54) is 6.07 Å². The van der Waals surface area contributed by atoms with E-state index in [2.05, 4.69) is 5.32 Å². The summed E-state index contributed by atoms with van der Waals surface area (Å²) < 4.78 is 25.6. The Morgan fingerprint density at radius 1 is 1.35 bits per heavy atom. The van der Waals surface area contributed by atoms with Crippen LogP contribution in [0.5, 0.6) is 0 Å². The fraction of sp³-hybridized carbons (Fsp3) is 0.417. The summed E-state index contributed by atoms with van der Waals surface area (Å²) in [6.45, 7) is 3.41. The lowest BCUT2D eigenvalue weighted by Crippen LogP contribution is -2.44. The third-order valence-electron chi connectivity index (χ3n) is 2.37. The van der Waals surface area contributed by atoms with E-state index in [0.29, 0.717) is 6.42 Å². The van der Waals surface area contributed by atoms with Crippen LogP contribution in [-0.2, 0) is 0 Å². The molecule has 0 saturated carbocycles. The van der Waals surface area contributed by atoms with Crippen LogP contribution in [0.25, 0.3) is 0 Å². The molecule has 0 radical (unpaired) electrons. The molecule has 1 aromatic rings. The number of halogens is 2. The van der Waals surface area contributed by atoms with Crippen LogP contribution in [0.2, 0.25) is 0 Å². The average Bonchev–Trinajstić information content (AvgIpc) is 2.21. The number of benzene rings is 1. The van der Waals surface area contributed by atoms with Gasteiger partial charge in [0.1, 0.15) is 0 Å². The molecule has 0 spiro atoms. The summed E-state index contributed by atoms with van der Waals surface area (Å²) in [5, 5.41) is 11.4. The Labute approximate surface area is 98.5 Å². The molecule has 5 heteroatoms. The Kier molecular flexibility index (Phi) is 4.17. The smallest absolute Gasteiger partial charge is 0.251 e. The van der Waals surface area contributed by atoms with Gasteiger partial charge in [-0.2, -0.15) is 0 Å². The minimum Gasteiger partial charge on any atom is -0.396 e. The van der Waals surface area contributed by atoms with Gasteiger partial charge in [-0.05, 0) is 38.5 Å². The topological polar surface area (TPSA) is 49.3 Å². The Morgan fingerprint density at radius 2 is 2.00 bits per heavy atom. The van der Waals surface area contributed by atoms with Crippen molar-refractivity contribution in [2.45, 2.75) is 25.8 Å². The Balaban J connectivity index is 2.80. The van der Waals surface area contributed by atoms with Crippen LogP contribution in [0, 0.1) is 11.6 Å². The van der Waals surface area contributed by atoms with E-state index in [-0.39, 0.29) is 12.2 Å². The van der Waals surface area contributed by atoms with Crippen LogP contribution in [0.1, 0.15) is 30.6 Å². The summed E-state index contributed by atoms with van der Waals surface area (Å²) in [4.78, 5) is 11.7. The highest BCUT2D eigenvalue weighted by atomic mass is 19.2. The molecule has 0 unspecified atom stereocenters. The molecule has 94 valence electrons. The first kappa shape index (κ1) is 13.6. The largest absolute Gasteiger partial charge is 0.396 e. The van der Waals surface area contributed by atoms with Gasteiger partial charge in [-0.25, -0.2) is 8.78 Å². The number of nitrogens with one attached hydrogen (secondary N) is 1. The molecule has 0 aliphatic rings. The van der Waals surface area contributed by atoms with Gasteiger partial charge in [0.15, 0.2) is 11.6 Å². The zero-order valence-electron chi connectivity index (χ0n) is 9.76. The molecule has 17 heavy (non-hydrogen) atoms. The predicted octanol–water partition coefficient (Wildman–Crippen LogP) is 1.86. The standard InChI is InChI=1S/C12H15F2NO2/c1-12(2,5-6-16)15-11(17)8-3-4-9(13)10(14)7-8/h3-4,7,16H,5-6H2,1-2H3,(H,15,17). The molecule has 0 bridgehead atoms. The molecule has 0 fully saturated rings. The molecule has 1 aromatic carbocycles. The van der Waals surface area contributed by atoms with Crippen molar-refractivity contribution in [2.24, 2.45) is 0 Å². The lowest BCUT2D eigenvalue weighted by Gasteiger charge is -2.25. The van der Waals surface area contributed by atoms with Crippen molar-refractivity contribution < 1.29 is 18.7 Å². The maximum absolute atomic E-state index is 12.9. The fourth-order valence-electron chi connectivity index (χ4n) is 1.36. The van der Waals surface area contributed by atoms with Crippen LogP contribution < -0.4 is 5.32 Å². The highest BCUT2D eigenvalue weighted by Gasteiger charge is 2.21. The quantitative estimate of drug-likeness (QED) is 0.848. The summed E-state index contributed by atoms with van der Waals surface area (Å²) in [5.41, 5.74) is -0.550. The first-order valence-corrected chi connectivity index (χ1v) is 5.24. The van der Waals surface area contributed by atoms with Gasteiger partial charge >= 0.3 is 0 Å². The molecule has 0 atom stereocenters. The molecule has 0 saturated heterocycles. The summed E-state index contributed by atoms with van der Waals surface area (Å²) in [7, 11) is 0. The molecular weight excluding hydrogens is 228 g/mol. The van der Waals surface area contributed by atoms with Crippen molar-refractivity contribution in [1.82, 2.24) is 5.32 Å². The molecule has 3 nitrogen and oxygen atoms in total. The van der Waals surface area contributed by atoms with E-state index >= 15 is 0 Å². The SMILES string of the molecule is CC(C)(CCO)NC(=O)c1ccc(F)c(F)c1. The molecule has 1 amide bonds. The monoisotopic (exact) mass is 243 g/mol. The number of hydrogen-bond acceptors (Lipinski definition) is 2. The van der Waals surface area contributed by atoms with Crippen LogP contribution in [0.4, 0.5) is 8.78 Å². The third-order valence-corrected chi connectivity index (χ3v) is 2.37. The summed E-state index contributed by atoms with van der Waals surface area (Å²) in [5.74, 6) is -2.55. The van der Waals surface area contributed by atoms with Gasteiger partial charge in [-0.3, -0.25) is 4.79 Å². The minimum atomic E-state index is -1.06. The van der Waals surface area contributed by atoms with E-state index in [1.54, 1.807) is 13.8 Å². The highest BCUT2D eigenvalue weighted by Crippen LogP contribution is 2.12. The van der Waals surface area contributed by atoms with Crippen molar-refractivity contribution in [2.75, 3.05) is 6.61 Å². The molecule has 1 rings (SSSR count). The number of hydrogen-bond donors (Lipinski definition) is 2. The minimum absolute atomic E-state index is 0.0508. The van der Waals surface area contributed by atoms with Crippen LogP contribution in [0.3, 0.4) is 0 Å². The van der Waals surface area contributed by atoms with Gasteiger partial charge < -0.3 is 10.4 Å². The zero-order chi connectivity index (χ0) is 13.1. The van der Waals surface area contributed by atoms with Gasteiger partial charge in [-0.15, -0.1) is 0 Å². The lowest BCUT2D eigenvalue weighted by atomic mass is 10.0. The van der Waals surface area contributed by atoms with E-state index in [1.807, 2.05) is 0 Å². The van der Waals surface area contributed by atoms with E-state index in [9.17, 15) is 13.6 Å². The van der Waals surface area contributed by atoms with Crippen LogP contribution in [0.15, 0.2) is 18.2 Å². The summed E-state index contributed by atoms with van der Waals surface area (Å²) in [6.07, 6.45) is 0.377. The number of aliphatic hydroxyl groups excluding tert-OH is 1. The lowest BCUT2D eigenvalue weighted by molar-refractivity contribution is 0.0899. The second kappa shape index (κ2) is 5.23. The zero-order valence-corrected chi connectivity index (χ0v) is 9.76. The van der Waals surface area contributed by atoms with Crippen molar-refractivity contribution in [3.05, 3.63) is 35.4 Å². The summed E-state index contributed by atoms with van der Waals surface area (Å²) in [6, 6.07) is 2.96. The van der Waals surface area contributed by atoms with Gasteiger partial charge in [0, 0.05) is 17.7 Å². The van der Waals surface area contributed by atoms with Crippen molar-refractivity contribution >= 4 is 5.91 Å². The van der Waals surface area contributed by atoms with E-state index in [4.69, 9.17) is 5.11 Å². The predicted molar refractivity (Wildman–Crippen MR) is 59.6 cm³/mol. The second-order valence-corrected chi connectivity index (χ2v) is 4.44. The first-order chi connectivity index (χ1) is 7.85. The van der Waals surface area contributed by atoms with Crippen molar-refractivity contribution in [3.63, 3.8) is 0 Å². The number of carbonyl (C=O) groups excluding carboxylic acids is 1. The second-order valence-electron chi connectivity index (χ2n) is 4.44. The number of rotatable bonds is 4.